The lowest BCUT2D eigenvalue weighted by Crippen LogP contribution is -2.39. The van der Waals surface area contributed by atoms with E-state index in [0.717, 1.165) is 26.2 Å². The van der Waals surface area contributed by atoms with E-state index in [4.69, 9.17) is 0 Å². The highest BCUT2D eigenvalue weighted by atomic mass is 16.2. The van der Waals surface area contributed by atoms with Crippen molar-refractivity contribution >= 4 is 5.91 Å². The number of hydrogen-bond acceptors (Lipinski definition) is 2. The second-order valence-corrected chi connectivity index (χ2v) is 6.25. The molecule has 1 fully saturated rings. The maximum atomic E-state index is 12.5. The maximum Gasteiger partial charge on any atom is 0.224 e. The zero-order chi connectivity index (χ0) is 15.1. The molecule has 0 radical (unpaired) electrons. The Morgan fingerprint density at radius 2 is 1.81 bits per heavy atom. The number of carbonyl (C=O) groups is 1. The minimum Gasteiger partial charge on any atom is -0.336 e. The van der Waals surface area contributed by atoms with Crippen molar-refractivity contribution in [3.05, 3.63) is 35.9 Å². The number of likely N-dealkylation sites (tertiary alicyclic amines) is 1. The third-order valence-electron chi connectivity index (χ3n) is 4.23. The molecule has 1 aromatic carbocycles. The lowest BCUT2D eigenvalue weighted by Gasteiger charge is -2.30. The van der Waals surface area contributed by atoms with E-state index in [-0.39, 0.29) is 11.9 Å². The summed E-state index contributed by atoms with van der Waals surface area (Å²) in [6.45, 7) is 8.15. The van der Waals surface area contributed by atoms with Gasteiger partial charge in [-0.15, -0.1) is 0 Å². The molecular weight excluding hydrogens is 260 g/mol. The van der Waals surface area contributed by atoms with Gasteiger partial charge in [0.1, 0.15) is 0 Å². The average Bonchev–Trinajstić information content (AvgIpc) is 2.52. The first kappa shape index (κ1) is 16.0. The van der Waals surface area contributed by atoms with Crippen LogP contribution in [-0.2, 0) is 11.3 Å². The van der Waals surface area contributed by atoms with Crippen LogP contribution >= 0.6 is 0 Å². The van der Waals surface area contributed by atoms with Gasteiger partial charge in [0.15, 0.2) is 0 Å². The summed E-state index contributed by atoms with van der Waals surface area (Å²) < 4.78 is 0. The SMILES string of the molecule is CC(C)N(Cc1ccccc1)C(=O)CCN1CCCCC1. The fourth-order valence-corrected chi connectivity index (χ4v) is 2.92. The van der Waals surface area contributed by atoms with Gasteiger partial charge < -0.3 is 9.80 Å². The molecule has 0 bridgehead atoms. The fourth-order valence-electron chi connectivity index (χ4n) is 2.92. The summed E-state index contributed by atoms with van der Waals surface area (Å²) >= 11 is 0. The quantitative estimate of drug-likeness (QED) is 0.802. The second kappa shape index (κ2) is 8.18. The second-order valence-electron chi connectivity index (χ2n) is 6.25. The zero-order valence-corrected chi connectivity index (χ0v) is 13.4. The van der Waals surface area contributed by atoms with Crippen molar-refractivity contribution in [3.8, 4) is 0 Å². The summed E-state index contributed by atoms with van der Waals surface area (Å²) in [7, 11) is 0. The van der Waals surface area contributed by atoms with Crippen LogP contribution < -0.4 is 0 Å². The van der Waals surface area contributed by atoms with Gasteiger partial charge in [-0.05, 0) is 45.3 Å². The largest absolute Gasteiger partial charge is 0.336 e. The number of benzene rings is 1. The van der Waals surface area contributed by atoms with E-state index in [0.29, 0.717) is 6.42 Å². The van der Waals surface area contributed by atoms with Crippen LogP contribution in [0, 0.1) is 0 Å². The molecule has 1 saturated heterocycles. The molecule has 116 valence electrons. The predicted octanol–water partition coefficient (Wildman–Crippen LogP) is 3.30. The standard InChI is InChI=1S/C18H28N2O/c1-16(2)20(15-17-9-5-3-6-10-17)18(21)11-14-19-12-7-4-8-13-19/h3,5-6,9-10,16H,4,7-8,11-15H2,1-2H3. The number of rotatable bonds is 6. The van der Waals surface area contributed by atoms with Crippen LogP contribution in [-0.4, -0.2) is 41.4 Å². The molecule has 1 aliphatic heterocycles. The Morgan fingerprint density at radius 3 is 2.43 bits per heavy atom. The van der Waals surface area contributed by atoms with Crippen molar-refractivity contribution in [2.24, 2.45) is 0 Å². The number of carbonyl (C=O) groups excluding carboxylic acids is 1. The first-order valence-electron chi connectivity index (χ1n) is 8.22. The molecule has 1 aromatic rings. The van der Waals surface area contributed by atoms with E-state index in [2.05, 4.69) is 30.9 Å². The minimum atomic E-state index is 0.249. The van der Waals surface area contributed by atoms with E-state index >= 15 is 0 Å². The molecular formula is C18H28N2O. The predicted molar refractivity (Wildman–Crippen MR) is 87.0 cm³/mol. The molecule has 0 atom stereocenters. The monoisotopic (exact) mass is 288 g/mol. The Bertz CT molecular complexity index is 424. The molecule has 3 heteroatoms. The molecule has 2 rings (SSSR count). The van der Waals surface area contributed by atoms with Crippen molar-refractivity contribution in [1.82, 2.24) is 9.80 Å². The van der Waals surface area contributed by atoms with Crippen LogP contribution in [0.1, 0.15) is 45.1 Å². The third kappa shape index (κ3) is 5.16. The lowest BCUT2D eigenvalue weighted by atomic mass is 10.1. The highest BCUT2D eigenvalue weighted by Gasteiger charge is 2.19. The van der Waals surface area contributed by atoms with Gasteiger partial charge in [0, 0.05) is 25.6 Å². The van der Waals surface area contributed by atoms with Crippen molar-refractivity contribution in [3.63, 3.8) is 0 Å². The number of amides is 1. The van der Waals surface area contributed by atoms with Crippen molar-refractivity contribution in [1.29, 1.82) is 0 Å². The first-order chi connectivity index (χ1) is 10.2. The Balaban J connectivity index is 1.86. The average molecular weight is 288 g/mol. The van der Waals surface area contributed by atoms with Crippen LogP contribution in [0.4, 0.5) is 0 Å². The molecule has 1 amide bonds. The van der Waals surface area contributed by atoms with Crippen molar-refractivity contribution in [2.45, 2.75) is 52.1 Å². The fraction of sp³-hybridized carbons (Fsp3) is 0.611. The Morgan fingerprint density at radius 1 is 1.14 bits per heavy atom. The van der Waals surface area contributed by atoms with Crippen LogP contribution in [0.25, 0.3) is 0 Å². The van der Waals surface area contributed by atoms with Crippen molar-refractivity contribution in [2.75, 3.05) is 19.6 Å². The van der Waals surface area contributed by atoms with E-state index in [1.54, 1.807) is 0 Å². The lowest BCUT2D eigenvalue weighted by molar-refractivity contribution is -0.134. The van der Waals surface area contributed by atoms with E-state index in [1.165, 1.54) is 24.8 Å². The number of piperidine rings is 1. The van der Waals surface area contributed by atoms with Crippen LogP contribution in [0.5, 0.6) is 0 Å². The molecule has 0 N–H and O–H groups in total. The molecule has 1 aliphatic rings. The van der Waals surface area contributed by atoms with Crippen LogP contribution in [0.15, 0.2) is 30.3 Å². The highest BCUT2D eigenvalue weighted by molar-refractivity contribution is 5.76. The normalized spacial score (nSPS) is 16.1. The summed E-state index contributed by atoms with van der Waals surface area (Å²) in [6, 6.07) is 10.5. The third-order valence-corrected chi connectivity index (χ3v) is 4.23. The smallest absolute Gasteiger partial charge is 0.224 e. The maximum absolute atomic E-state index is 12.5. The van der Waals surface area contributed by atoms with Crippen LogP contribution in [0.3, 0.4) is 0 Å². The van der Waals surface area contributed by atoms with E-state index in [9.17, 15) is 4.79 Å². The Hall–Kier alpha value is -1.35. The Kier molecular flexibility index (Phi) is 6.24. The summed E-state index contributed by atoms with van der Waals surface area (Å²) in [5, 5.41) is 0. The van der Waals surface area contributed by atoms with E-state index in [1.807, 2.05) is 23.1 Å². The van der Waals surface area contributed by atoms with Crippen LogP contribution in [0.2, 0.25) is 0 Å². The summed E-state index contributed by atoms with van der Waals surface area (Å²) in [5.74, 6) is 0.277. The van der Waals surface area contributed by atoms with Gasteiger partial charge in [-0.3, -0.25) is 4.79 Å². The molecule has 1 heterocycles. The van der Waals surface area contributed by atoms with Gasteiger partial charge in [-0.2, -0.15) is 0 Å². The highest BCUT2D eigenvalue weighted by Crippen LogP contribution is 2.12. The van der Waals surface area contributed by atoms with Gasteiger partial charge in [0.25, 0.3) is 0 Å². The number of hydrogen-bond donors (Lipinski definition) is 0. The zero-order valence-electron chi connectivity index (χ0n) is 13.4. The molecule has 0 spiro atoms. The van der Waals surface area contributed by atoms with Gasteiger partial charge in [-0.25, -0.2) is 0 Å². The van der Waals surface area contributed by atoms with E-state index < -0.39 is 0 Å². The molecule has 0 unspecified atom stereocenters. The summed E-state index contributed by atoms with van der Waals surface area (Å²) in [6.07, 6.45) is 4.56. The van der Waals surface area contributed by atoms with Gasteiger partial charge in [0.2, 0.25) is 5.91 Å². The Labute approximate surface area is 128 Å². The molecule has 21 heavy (non-hydrogen) atoms. The molecule has 3 nitrogen and oxygen atoms in total. The topological polar surface area (TPSA) is 23.6 Å². The molecule has 0 aromatic heterocycles. The molecule has 0 saturated carbocycles. The van der Waals surface area contributed by atoms with Gasteiger partial charge in [0.05, 0.1) is 0 Å². The van der Waals surface area contributed by atoms with Crippen molar-refractivity contribution < 1.29 is 4.79 Å². The first-order valence-corrected chi connectivity index (χ1v) is 8.22. The summed E-state index contributed by atoms with van der Waals surface area (Å²) in [4.78, 5) is 17.0. The number of nitrogens with zero attached hydrogens (tertiary/aromatic N) is 2. The summed E-state index contributed by atoms with van der Waals surface area (Å²) in [5.41, 5.74) is 1.21. The minimum absolute atomic E-state index is 0.249. The van der Waals surface area contributed by atoms with Gasteiger partial charge in [-0.1, -0.05) is 36.8 Å². The van der Waals surface area contributed by atoms with Gasteiger partial charge >= 0.3 is 0 Å². The molecule has 0 aliphatic carbocycles.